The fourth-order valence-corrected chi connectivity index (χ4v) is 4.86. The molecule has 0 radical (unpaired) electrons. The van der Waals surface area contributed by atoms with E-state index in [-0.39, 0.29) is 24.4 Å². The van der Waals surface area contributed by atoms with Crippen molar-refractivity contribution >= 4 is 5.91 Å². The van der Waals surface area contributed by atoms with E-state index in [2.05, 4.69) is 9.88 Å². The van der Waals surface area contributed by atoms with E-state index < -0.39 is 35.5 Å². The maximum Gasteiger partial charge on any atom is 0.330 e. The summed E-state index contributed by atoms with van der Waals surface area (Å²) in [4.78, 5) is 42.6. The number of fused-ring (bicyclic) bond motifs is 1. The quantitative estimate of drug-likeness (QED) is 0.598. The Labute approximate surface area is 206 Å². The lowest BCUT2D eigenvalue weighted by molar-refractivity contribution is -0.199. The maximum atomic E-state index is 13.0. The molecule has 5 rings (SSSR count). The first-order valence-corrected chi connectivity index (χ1v) is 11.9. The first kappa shape index (κ1) is 24.6. The number of carbonyl (C=O) groups is 1. The zero-order valence-corrected chi connectivity index (χ0v) is 20.1. The molecule has 3 saturated heterocycles. The van der Waals surface area contributed by atoms with Gasteiger partial charge in [-0.25, -0.2) is 9.18 Å². The minimum Gasteiger partial charge on any atom is -0.484 e. The van der Waals surface area contributed by atoms with Gasteiger partial charge in [-0.05, 0) is 38.1 Å². The van der Waals surface area contributed by atoms with E-state index in [1.807, 2.05) is 13.8 Å². The van der Waals surface area contributed by atoms with E-state index in [1.165, 1.54) is 41.1 Å². The van der Waals surface area contributed by atoms with Gasteiger partial charge in [-0.1, -0.05) is 0 Å². The van der Waals surface area contributed by atoms with Gasteiger partial charge in [-0.2, -0.15) is 0 Å². The molecule has 0 saturated carbocycles. The summed E-state index contributed by atoms with van der Waals surface area (Å²) < 4.78 is 38.2. The SMILES string of the molecule is CC1(C)O[C@@H]2[C@H](O1)[C@@H](CN1CCN(C(=O)COc3ccc(F)cc3)CC1)O[C@H]2n1ccc(=O)[nH]c1=O. The Bertz CT molecular complexity index is 1210. The summed E-state index contributed by atoms with van der Waals surface area (Å²) in [5, 5.41) is 0. The van der Waals surface area contributed by atoms with Crippen LogP contribution in [0.15, 0.2) is 46.1 Å². The van der Waals surface area contributed by atoms with E-state index in [4.69, 9.17) is 18.9 Å². The number of aromatic amines is 1. The predicted molar refractivity (Wildman–Crippen MR) is 124 cm³/mol. The molecule has 1 aromatic carbocycles. The molecule has 3 fully saturated rings. The summed E-state index contributed by atoms with van der Waals surface area (Å²) in [7, 11) is 0. The molecule has 4 heterocycles. The van der Waals surface area contributed by atoms with Crippen molar-refractivity contribution < 1.29 is 28.1 Å². The number of hydrogen-bond donors (Lipinski definition) is 1. The molecule has 11 nitrogen and oxygen atoms in total. The Kier molecular flexibility index (Phi) is 6.68. The fourth-order valence-electron chi connectivity index (χ4n) is 4.86. The number of aromatic nitrogens is 2. The van der Waals surface area contributed by atoms with Crippen molar-refractivity contribution in [2.75, 3.05) is 39.3 Å². The van der Waals surface area contributed by atoms with E-state index in [1.54, 1.807) is 4.90 Å². The third kappa shape index (κ3) is 5.21. The van der Waals surface area contributed by atoms with Crippen LogP contribution < -0.4 is 16.0 Å². The van der Waals surface area contributed by atoms with Crippen LogP contribution in [0.2, 0.25) is 0 Å². The predicted octanol–water partition coefficient (Wildman–Crippen LogP) is 0.316. The van der Waals surface area contributed by atoms with Gasteiger partial charge >= 0.3 is 5.69 Å². The molecule has 3 aliphatic rings. The molecule has 1 aromatic heterocycles. The van der Waals surface area contributed by atoms with Crippen molar-refractivity contribution in [2.24, 2.45) is 0 Å². The summed E-state index contributed by atoms with van der Waals surface area (Å²) in [6, 6.07) is 6.81. The molecule has 1 N–H and O–H groups in total. The second-order valence-corrected chi connectivity index (χ2v) is 9.57. The molecular weight excluding hydrogens is 475 g/mol. The number of nitrogens with zero attached hydrogens (tertiary/aromatic N) is 3. The van der Waals surface area contributed by atoms with Gasteiger partial charge in [0.2, 0.25) is 0 Å². The average molecular weight is 505 g/mol. The highest BCUT2D eigenvalue weighted by atomic mass is 19.1. The number of benzene rings is 1. The first-order chi connectivity index (χ1) is 17.2. The minimum atomic E-state index is -0.836. The number of carbonyl (C=O) groups excluding carboxylic acids is 1. The molecule has 36 heavy (non-hydrogen) atoms. The van der Waals surface area contributed by atoms with Gasteiger partial charge in [0.1, 0.15) is 29.9 Å². The highest BCUT2D eigenvalue weighted by Crippen LogP contribution is 2.42. The zero-order valence-electron chi connectivity index (χ0n) is 20.1. The van der Waals surface area contributed by atoms with Gasteiger partial charge < -0.3 is 23.8 Å². The number of nitrogens with one attached hydrogen (secondary N) is 1. The summed E-state index contributed by atoms with van der Waals surface area (Å²) in [5.41, 5.74) is -1.06. The summed E-state index contributed by atoms with van der Waals surface area (Å²) in [5.74, 6) is -0.897. The standard InChI is InChI=1S/C24H29FN4O7/c1-24(2)35-20-17(34-22(21(20)36-24)29-8-7-18(30)26-23(29)32)13-27-9-11-28(12-10-27)19(31)14-33-16-5-3-15(25)4-6-16/h3-8,17,20-22H,9-14H2,1-2H3,(H,26,30,32)/t17-,20-,21-,22-/m1/s1. The first-order valence-electron chi connectivity index (χ1n) is 11.9. The lowest BCUT2D eigenvalue weighted by Crippen LogP contribution is -2.52. The normalized spacial score (nSPS) is 27.7. The number of rotatable bonds is 6. The third-order valence-electron chi connectivity index (χ3n) is 6.59. The summed E-state index contributed by atoms with van der Waals surface area (Å²) >= 11 is 0. The van der Waals surface area contributed by atoms with Crippen molar-refractivity contribution in [2.45, 2.75) is 44.2 Å². The van der Waals surface area contributed by atoms with Crippen molar-refractivity contribution in [1.82, 2.24) is 19.4 Å². The van der Waals surface area contributed by atoms with E-state index in [9.17, 15) is 18.8 Å². The van der Waals surface area contributed by atoms with Crippen LogP contribution in [0.5, 0.6) is 5.75 Å². The lowest BCUT2D eigenvalue weighted by Gasteiger charge is -2.36. The van der Waals surface area contributed by atoms with Crippen molar-refractivity contribution in [3.8, 4) is 5.75 Å². The Balaban J connectivity index is 1.18. The molecule has 0 spiro atoms. The highest BCUT2D eigenvalue weighted by molar-refractivity contribution is 5.77. The van der Waals surface area contributed by atoms with E-state index in [0.29, 0.717) is 38.5 Å². The Morgan fingerprint density at radius 2 is 1.78 bits per heavy atom. The van der Waals surface area contributed by atoms with Crippen LogP contribution in [0.1, 0.15) is 20.1 Å². The smallest absolute Gasteiger partial charge is 0.330 e. The Hall–Kier alpha value is -3.06. The number of piperazine rings is 1. The largest absolute Gasteiger partial charge is 0.484 e. The van der Waals surface area contributed by atoms with Gasteiger partial charge in [-0.3, -0.25) is 24.0 Å². The van der Waals surface area contributed by atoms with Crippen LogP contribution >= 0.6 is 0 Å². The molecule has 12 heteroatoms. The summed E-state index contributed by atoms with van der Waals surface area (Å²) in [6.07, 6.45) is -0.617. The van der Waals surface area contributed by atoms with Crippen LogP contribution in [0, 0.1) is 5.82 Å². The van der Waals surface area contributed by atoms with Gasteiger partial charge in [0.05, 0.1) is 0 Å². The van der Waals surface area contributed by atoms with Crippen LogP contribution in [0.3, 0.4) is 0 Å². The zero-order chi connectivity index (χ0) is 25.4. The Morgan fingerprint density at radius 1 is 1.08 bits per heavy atom. The second-order valence-electron chi connectivity index (χ2n) is 9.57. The molecule has 2 aromatic rings. The number of H-pyrrole nitrogens is 1. The van der Waals surface area contributed by atoms with Gasteiger partial charge in [0.25, 0.3) is 11.5 Å². The number of ether oxygens (including phenoxy) is 4. The lowest BCUT2D eigenvalue weighted by atomic mass is 10.1. The van der Waals surface area contributed by atoms with Crippen LogP contribution in [-0.2, 0) is 19.0 Å². The molecule has 3 aliphatic heterocycles. The van der Waals surface area contributed by atoms with Crippen molar-refractivity contribution in [1.29, 1.82) is 0 Å². The van der Waals surface area contributed by atoms with Gasteiger partial charge in [0, 0.05) is 45.0 Å². The molecule has 0 aliphatic carbocycles. The molecule has 0 unspecified atom stereocenters. The number of halogens is 1. The fraction of sp³-hybridized carbons (Fsp3) is 0.542. The minimum absolute atomic E-state index is 0.114. The van der Waals surface area contributed by atoms with Crippen molar-refractivity contribution in [3.63, 3.8) is 0 Å². The van der Waals surface area contributed by atoms with Gasteiger partial charge in [-0.15, -0.1) is 0 Å². The summed E-state index contributed by atoms with van der Waals surface area (Å²) in [6.45, 7) is 6.36. The molecule has 4 atom stereocenters. The van der Waals surface area contributed by atoms with Crippen LogP contribution in [0.25, 0.3) is 0 Å². The van der Waals surface area contributed by atoms with Gasteiger partial charge in [0.15, 0.2) is 18.6 Å². The van der Waals surface area contributed by atoms with Crippen LogP contribution in [0.4, 0.5) is 4.39 Å². The third-order valence-corrected chi connectivity index (χ3v) is 6.59. The van der Waals surface area contributed by atoms with E-state index >= 15 is 0 Å². The molecular formula is C24H29FN4O7. The monoisotopic (exact) mass is 504 g/mol. The second kappa shape index (κ2) is 9.77. The number of amides is 1. The average Bonchev–Trinajstić information content (AvgIpc) is 3.32. The molecule has 0 bridgehead atoms. The Morgan fingerprint density at radius 3 is 2.47 bits per heavy atom. The van der Waals surface area contributed by atoms with Crippen molar-refractivity contribution in [3.05, 3.63) is 63.2 Å². The maximum absolute atomic E-state index is 13.0. The van der Waals surface area contributed by atoms with E-state index in [0.717, 1.165) is 0 Å². The topological polar surface area (TPSA) is 115 Å². The van der Waals surface area contributed by atoms with Crippen LogP contribution in [-0.4, -0.2) is 88.7 Å². The molecule has 1 amide bonds. The number of hydrogen-bond acceptors (Lipinski definition) is 8. The molecule has 194 valence electrons. The highest BCUT2D eigenvalue weighted by Gasteiger charge is 2.56.